The molecule has 1 saturated carbocycles. The van der Waals surface area contributed by atoms with Gasteiger partial charge in [-0.1, -0.05) is 12.1 Å². The highest BCUT2D eigenvalue weighted by Gasteiger charge is 2.40. The third kappa shape index (κ3) is 3.59. The molecule has 0 spiro atoms. The Labute approximate surface area is 152 Å². The van der Waals surface area contributed by atoms with E-state index in [1.165, 1.54) is 30.3 Å². The molecule has 2 aromatic carbocycles. The van der Waals surface area contributed by atoms with Crippen molar-refractivity contribution in [2.75, 3.05) is 0 Å². The van der Waals surface area contributed by atoms with E-state index in [-0.39, 0.29) is 54.7 Å². The van der Waals surface area contributed by atoms with Crippen molar-refractivity contribution in [2.24, 2.45) is 0 Å². The number of ether oxygens (including phenoxy) is 2. The number of hydrogen-bond donors (Lipinski definition) is 0. The minimum absolute atomic E-state index is 0.0435. The van der Waals surface area contributed by atoms with Gasteiger partial charge in [-0.05, 0) is 48.1 Å². The molecule has 1 unspecified atom stereocenters. The summed E-state index contributed by atoms with van der Waals surface area (Å²) in [7, 11) is 0. The van der Waals surface area contributed by atoms with E-state index in [0.29, 0.717) is 5.56 Å². The molecule has 1 atom stereocenters. The first-order valence-electron chi connectivity index (χ1n) is 8.77. The van der Waals surface area contributed by atoms with Gasteiger partial charge in [-0.25, -0.2) is 17.6 Å². The lowest BCUT2D eigenvalue weighted by Crippen LogP contribution is -2.24. The zero-order chi connectivity index (χ0) is 19.2. The largest absolute Gasteiger partial charge is 0.425 e. The van der Waals surface area contributed by atoms with Crippen molar-refractivity contribution in [1.29, 1.82) is 0 Å². The van der Waals surface area contributed by atoms with Crippen molar-refractivity contribution < 1.29 is 31.4 Å². The molecule has 1 fully saturated rings. The molecular weight excluding hydrogens is 367 g/mol. The third-order valence-electron chi connectivity index (χ3n) is 5.16. The maximum Gasteiger partial charge on any atom is 0.397 e. The van der Waals surface area contributed by atoms with Gasteiger partial charge in [-0.3, -0.25) is 0 Å². The van der Waals surface area contributed by atoms with Gasteiger partial charge in [0.25, 0.3) is 0 Å². The van der Waals surface area contributed by atoms with Gasteiger partial charge < -0.3 is 9.47 Å². The Bertz CT molecular complexity index is 840. The number of benzene rings is 2. The summed E-state index contributed by atoms with van der Waals surface area (Å²) in [6.45, 7) is -2.05. The summed E-state index contributed by atoms with van der Waals surface area (Å²) in [6.07, 6.45) is -0.412. The molecule has 0 radical (unpaired) electrons. The standard InChI is InChI=1S/C20H17F5O2/c21-14-3-1-11(2-4-14)9-13-10-15-18(27-19(23)26-15)16(17(13)22)12-5-7-20(24,25)8-6-12/h1-4,10,12,19H,5-9H2. The van der Waals surface area contributed by atoms with Crippen LogP contribution in [0.4, 0.5) is 22.0 Å². The first-order chi connectivity index (χ1) is 12.8. The maximum atomic E-state index is 15.3. The van der Waals surface area contributed by atoms with Crippen LogP contribution in [-0.2, 0) is 6.42 Å². The van der Waals surface area contributed by atoms with Crippen LogP contribution in [0.5, 0.6) is 11.5 Å². The molecule has 2 nitrogen and oxygen atoms in total. The molecule has 1 heterocycles. The van der Waals surface area contributed by atoms with E-state index in [4.69, 9.17) is 9.47 Å². The summed E-state index contributed by atoms with van der Waals surface area (Å²) in [4.78, 5) is 0. The Morgan fingerprint density at radius 1 is 1.00 bits per heavy atom. The van der Waals surface area contributed by atoms with Crippen LogP contribution in [0.2, 0.25) is 0 Å². The molecule has 2 aliphatic rings. The first kappa shape index (κ1) is 18.1. The molecule has 144 valence electrons. The van der Waals surface area contributed by atoms with Crippen molar-refractivity contribution in [2.45, 2.75) is 50.5 Å². The van der Waals surface area contributed by atoms with Gasteiger partial charge >= 0.3 is 6.54 Å². The van der Waals surface area contributed by atoms with Crippen LogP contribution >= 0.6 is 0 Å². The summed E-state index contributed by atoms with van der Waals surface area (Å²) >= 11 is 0. The number of rotatable bonds is 3. The van der Waals surface area contributed by atoms with Crippen LogP contribution in [0.25, 0.3) is 0 Å². The van der Waals surface area contributed by atoms with E-state index in [2.05, 4.69) is 0 Å². The summed E-state index contributed by atoms with van der Waals surface area (Å²) < 4.78 is 78.9. The lowest BCUT2D eigenvalue weighted by molar-refractivity contribution is -0.0663. The highest BCUT2D eigenvalue weighted by Crippen LogP contribution is 2.50. The van der Waals surface area contributed by atoms with Crippen molar-refractivity contribution in [3.8, 4) is 11.5 Å². The van der Waals surface area contributed by atoms with E-state index in [1.807, 2.05) is 0 Å². The number of alkyl halides is 3. The molecule has 27 heavy (non-hydrogen) atoms. The maximum absolute atomic E-state index is 15.3. The van der Waals surface area contributed by atoms with Gasteiger partial charge in [0.05, 0.1) is 0 Å². The van der Waals surface area contributed by atoms with Gasteiger partial charge in [-0.2, -0.15) is 4.39 Å². The van der Waals surface area contributed by atoms with Crippen molar-refractivity contribution in [3.63, 3.8) is 0 Å². The highest BCUT2D eigenvalue weighted by atomic mass is 19.3. The second kappa shape index (κ2) is 6.69. The Kier molecular flexibility index (Phi) is 4.48. The lowest BCUT2D eigenvalue weighted by atomic mass is 9.80. The van der Waals surface area contributed by atoms with Crippen LogP contribution in [0.15, 0.2) is 30.3 Å². The van der Waals surface area contributed by atoms with E-state index in [1.54, 1.807) is 0 Å². The fourth-order valence-electron chi connectivity index (χ4n) is 3.76. The minimum atomic E-state index is -2.76. The minimum Gasteiger partial charge on any atom is -0.425 e. The molecule has 0 aromatic heterocycles. The summed E-state index contributed by atoms with van der Waals surface area (Å²) in [6, 6.07) is 6.94. The van der Waals surface area contributed by atoms with Gasteiger partial charge in [-0.15, -0.1) is 0 Å². The molecule has 0 saturated heterocycles. The number of fused-ring (bicyclic) bond motifs is 1. The Balaban J connectivity index is 1.71. The predicted molar refractivity (Wildman–Crippen MR) is 87.9 cm³/mol. The molecular formula is C20H17F5O2. The van der Waals surface area contributed by atoms with Gasteiger partial charge in [0.2, 0.25) is 5.92 Å². The van der Waals surface area contributed by atoms with E-state index < -0.39 is 30.0 Å². The Hall–Kier alpha value is -2.31. The second-order valence-electron chi connectivity index (χ2n) is 7.03. The lowest BCUT2D eigenvalue weighted by Gasteiger charge is -2.29. The molecule has 1 aliphatic carbocycles. The van der Waals surface area contributed by atoms with Crippen molar-refractivity contribution >= 4 is 0 Å². The zero-order valence-corrected chi connectivity index (χ0v) is 14.3. The van der Waals surface area contributed by atoms with E-state index >= 15 is 4.39 Å². The van der Waals surface area contributed by atoms with Crippen molar-refractivity contribution in [1.82, 2.24) is 0 Å². The monoisotopic (exact) mass is 384 g/mol. The van der Waals surface area contributed by atoms with Gasteiger partial charge in [0, 0.05) is 24.8 Å². The van der Waals surface area contributed by atoms with E-state index in [0.717, 1.165) is 0 Å². The zero-order valence-electron chi connectivity index (χ0n) is 14.3. The number of hydrogen-bond acceptors (Lipinski definition) is 2. The SMILES string of the molecule is Fc1ccc(Cc2cc3c(c(C4CCC(F)(F)CC4)c2F)OC(F)O3)cc1. The molecule has 0 bridgehead atoms. The average Bonchev–Trinajstić information content (AvgIpc) is 2.98. The molecule has 2 aromatic rings. The molecule has 0 amide bonds. The van der Waals surface area contributed by atoms with Gasteiger partial charge in [0.15, 0.2) is 11.5 Å². The summed E-state index contributed by atoms with van der Waals surface area (Å²) in [5, 5.41) is 0. The Morgan fingerprint density at radius 2 is 1.67 bits per heavy atom. The van der Waals surface area contributed by atoms with Crippen molar-refractivity contribution in [3.05, 3.63) is 58.7 Å². The van der Waals surface area contributed by atoms with Crippen LogP contribution in [-0.4, -0.2) is 12.5 Å². The summed E-state index contributed by atoms with van der Waals surface area (Å²) in [5.74, 6) is -4.26. The Morgan fingerprint density at radius 3 is 2.33 bits per heavy atom. The second-order valence-corrected chi connectivity index (χ2v) is 7.03. The topological polar surface area (TPSA) is 18.5 Å². The fourth-order valence-corrected chi connectivity index (χ4v) is 3.76. The first-order valence-corrected chi connectivity index (χ1v) is 8.77. The average molecular weight is 384 g/mol. The normalized spacial score (nSPS) is 21.4. The molecule has 7 heteroatoms. The molecule has 0 N–H and O–H groups in total. The third-order valence-corrected chi connectivity index (χ3v) is 5.16. The van der Waals surface area contributed by atoms with Gasteiger partial charge in [0.1, 0.15) is 11.6 Å². The van der Waals surface area contributed by atoms with Crippen LogP contribution in [0.1, 0.15) is 48.3 Å². The van der Waals surface area contributed by atoms with Crippen LogP contribution < -0.4 is 9.47 Å². The smallest absolute Gasteiger partial charge is 0.397 e. The number of halogens is 5. The molecule has 1 aliphatic heterocycles. The van der Waals surface area contributed by atoms with E-state index in [9.17, 15) is 17.6 Å². The van der Waals surface area contributed by atoms with Crippen LogP contribution in [0, 0.1) is 11.6 Å². The fraction of sp³-hybridized carbons (Fsp3) is 0.400. The summed E-state index contributed by atoms with van der Waals surface area (Å²) in [5.41, 5.74) is 0.984. The quantitative estimate of drug-likeness (QED) is 0.616. The molecule has 4 rings (SSSR count). The van der Waals surface area contributed by atoms with Crippen LogP contribution in [0.3, 0.4) is 0 Å². The highest BCUT2D eigenvalue weighted by molar-refractivity contribution is 5.54. The predicted octanol–water partition coefficient (Wildman–Crippen LogP) is 5.87.